The predicted octanol–water partition coefficient (Wildman–Crippen LogP) is -0.269. The Morgan fingerprint density at radius 3 is 2.81 bits per heavy atom. The van der Waals surface area contributed by atoms with E-state index in [0.29, 0.717) is 32.5 Å². The molecule has 1 saturated heterocycles. The highest BCUT2D eigenvalue weighted by atomic mass is 16.5. The molecule has 1 heterocycles. The Hall–Kier alpha value is -0.200. The van der Waals surface area contributed by atoms with E-state index < -0.39 is 6.10 Å². The summed E-state index contributed by atoms with van der Waals surface area (Å²) in [5, 5.41) is 9.72. The van der Waals surface area contributed by atoms with E-state index >= 15 is 0 Å². The van der Waals surface area contributed by atoms with Crippen LogP contribution in [0.25, 0.3) is 0 Å². The highest BCUT2D eigenvalue weighted by molar-refractivity contribution is 4.77. The van der Waals surface area contributed by atoms with Crippen molar-refractivity contribution in [3.05, 3.63) is 0 Å². The summed E-state index contributed by atoms with van der Waals surface area (Å²) in [6.45, 7) is 4.04. The molecule has 1 aliphatic heterocycles. The molecule has 2 unspecified atom stereocenters. The molecule has 0 amide bonds. The average Bonchev–Trinajstić information content (AvgIpc) is 2.72. The number of likely N-dealkylation sites (tertiary alicyclic amines) is 1. The van der Waals surface area contributed by atoms with E-state index in [1.165, 1.54) is 0 Å². The van der Waals surface area contributed by atoms with Gasteiger partial charge < -0.3 is 19.3 Å². The second-order valence-electron chi connectivity index (χ2n) is 4.13. The first-order valence-corrected chi connectivity index (χ1v) is 5.76. The van der Waals surface area contributed by atoms with Gasteiger partial charge in [-0.3, -0.25) is 4.90 Å². The van der Waals surface area contributed by atoms with Gasteiger partial charge in [-0.1, -0.05) is 0 Å². The molecule has 0 aromatic heterocycles. The first-order valence-electron chi connectivity index (χ1n) is 5.76. The number of β-amino-alcohol motifs (C(OH)–C–C–N with tert-alkyl or cyclic N) is 1. The zero-order valence-corrected chi connectivity index (χ0v) is 10.2. The quantitative estimate of drug-likeness (QED) is 0.585. The Morgan fingerprint density at radius 2 is 2.19 bits per heavy atom. The highest BCUT2D eigenvalue weighted by Crippen LogP contribution is 2.11. The fraction of sp³-hybridized carbons (Fsp3) is 1.00. The van der Waals surface area contributed by atoms with Crippen LogP contribution >= 0.6 is 0 Å². The van der Waals surface area contributed by atoms with Crippen LogP contribution in [0, 0.1) is 0 Å². The molecule has 0 aromatic carbocycles. The van der Waals surface area contributed by atoms with Crippen LogP contribution in [0.3, 0.4) is 0 Å². The van der Waals surface area contributed by atoms with Crippen LogP contribution in [0.5, 0.6) is 0 Å². The molecule has 0 radical (unpaired) electrons. The number of methoxy groups -OCH3 is 2. The summed E-state index contributed by atoms with van der Waals surface area (Å²) in [4.78, 5) is 2.21. The largest absolute Gasteiger partial charge is 0.389 e. The molecule has 5 nitrogen and oxygen atoms in total. The van der Waals surface area contributed by atoms with Crippen molar-refractivity contribution < 1.29 is 19.3 Å². The van der Waals surface area contributed by atoms with Crippen LogP contribution < -0.4 is 0 Å². The van der Waals surface area contributed by atoms with E-state index in [4.69, 9.17) is 14.2 Å². The monoisotopic (exact) mass is 233 g/mol. The van der Waals surface area contributed by atoms with Gasteiger partial charge in [-0.15, -0.1) is 0 Å². The third-order valence-electron chi connectivity index (χ3n) is 2.77. The highest BCUT2D eigenvalue weighted by Gasteiger charge is 2.23. The number of rotatable bonds is 8. The second kappa shape index (κ2) is 7.97. The maximum atomic E-state index is 9.72. The number of aliphatic hydroxyl groups is 1. The number of nitrogens with zero attached hydrogens (tertiary/aromatic N) is 1. The minimum absolute atomic E-state index is 0.321. The maximum absolute atomic E-state index is 9.72. The molecule has 0 aromatic rings. The third kappa shape index (κ3) is 5.23. The summed E-state index contributed by atoms with van der Waals surface area (Å²) in [6.07, 6.45) is 0.947. The van der Waals surface area contributed by atoms with E-state index in [9.17, 15) is 5.11 Å². The molecular weight excluding hydrogens is 210 g/mol. The fourth-order valence-electron chi connectivity index (χ4n) is 1.87. The summed E-state index contributed by atoms with van der Waals surface area (Å²) < 4.78 is 15.4. The van der Waals surface area contributed by atoms with Gasteiger partial charge in [0.05, 0.1) is 32.0 Å². The Labute approximate surface area is 97.3 Å². The van der Waals surface area contributed by atoms with Crippen molar-refractivity contribution in [3.8, 4) is 0 Å². The molecule has 0 aliphatic carbocycles. The minimum Gasteiger partial charge on any atom is -0.389 e. The van der Waals surface area contributed by atoms with Crippen LogP contribution in [0.4, 0.5) is 0 Å². The van der Waals surface area contributed by atoms with E-state index in [1.807, 2.05) is 0 Å². The SMILES string of the molecule is COCCOCC(O)CN1CCC(OC)C1. The lowest BCUT2D eigenvalue weighted by molar-refractivity contribution is 0.000242. The summed E-state index contributed by atoms with van der Waals surface area (Å²) >= 11 is 0. The van der Waals surface area contributed by atoms with E-state index in [2.05, 4.69) is 4.90 Å². The molecule has 0 spiro atoms. The maximum Gasteiger partial charge on any atom is 0.0900 e. The van der Waals surface area contributed by atoms with Crippen LogP contribution in [-0.2, 0) is 14.2 Å². The van der Waals surface area contributed by atoms with Gasteiger partial charge in [-0.25, -0.2) is 0 Å². The van der Waals surface area contributed by atoms with Crippen molar-refractivity contribution in [1.82, 2.24) is 4.90 Å². The summed E-state index contributed by atoms with van der Waals surface area (Å²) in [5.74, 6) is 0. The van der Waals surface area contributed by atoms with Gasteiger partial charge in [0.1, 0.15) is 0 Å². The number of aliphatic hydroxyl groups excluding tert-OH is 1. The molecule has 5 heteroatoms. The third-order valence-corrected chi connectivity index (χ3v) is 2.77. The molecular formula is C11H23NO4. The zero-order valence-electron chi connectivity index (χ0n) is 10.2. The van der Waals surface area contributed by atoms with Crippen molar-refractivity contribution in [3.63, 3.8) is 0 Å². The molecule has 1 N–H and O–H groups in total. The van der Waals surface area contributed by atoms with Crippen molar-refractivity contribution >= 4 is 0 Å². The fourth-order valence-corrected chi connectivity index (χ4v) is 1.87. The normalized spacial score (nSPS) is 23.8. The predicted molar refractivity (Wildman–Crippen MR) is 60.6 cm³/mol. The van der Waals surface area contributed by atoms with Crippen molar-refractivity contribution in [2.24, 2.45) is 0 Å². The Kier molecular flexibility index (Phi) is 6.91. The van der Waals surface area contributed by atoms with Crippen LogP contribution in [0.2, 0.25) is 0 Å². The number of hydrogen-bond donors (Lipinski definition) is 1. The standard InChI is InChI=1S/C11H23NO4/c1-14-5-6-16-9-10(13)7-12-4-3-11(8-12)15-2/h10-11,13H,3-9H2,1-2H3. The smallest absolute Gasteiger partial charge is 0.0900 e. The Morgan fingerprint density at radius 1 is 1.38 bits per heavy atom. The molecule has 1 aliphatic rings. The van der Waals surface area contributed by atoms with E-state index in [0.717, 1.165) is 19.5 Å². The lowest BCUT2D eigenvalue weighted by Gasteiger charge is -2.19. The van der Waals surface area contributed by atoms with Gasteiger partial charge in [0.2, 0.25) is 0 Å². The van der Waals surface area contributed by atoms with Gasteiger partial charge in [-0.05, 0) is 6.42 Å². The first-order chi connectivity index (χ1) is 7.76. The summed E-state index contributed by atoms with van der Waals surface area (Å²) in [7, 11) is 3.37. The van der Waals surface area contributed by atoms with Gasteiger partial charge in [0.25, 0.3) is 0 Å². The van der Waals surface area contributed by atoms with E-state index in [-0.39, 0.29) is 0 Å². The number of hydrogen-bond acceptors (Lipinski definition) is 5. The Balaban J connectivity index is 2.03. The zero-order chi connectivity index (χ0) is 11.8. The molecule has 0 bridgehead atoms. The van der Waals surface area contributed by atoms with Gasteiger partial charge in [0.15, 0.2) is 0 Å². The van der Waals surface area contributed by atoms with Gasteiger partial charge in [0, 0.05) is 33.9 Å². The van der Waals surface area contributed by atoms with Crippen molar-refractivity contribution in [2.45, 2.75) is 18.6 Å². The molecule has 1 fully saturated rings. The molecule has 1 rings (SSSR count). The van der Waals surface area contributed by atoms with Crippen LogP contribution in [-0.4, -0.2) is 75.9 Å². The van der Waals surface area contributed by atoms with Gasteiger partial charge in [-0.2, -0.15) is 0 Å². The number of ether oxygens (including phenoxy) is 3. The molecule has 2 atom stereocenters. The Bertz CT molecular complexity index is 179. The lowest BCUT2D eigenvalue weighted by Crippen LogP contribution is -2.34. The van der Waals surface area contributed by atoms with E-state index in [1.54, 1.807) is 14.2 Å². The van der Waals surface area contributed by atoms with Crippen molar-refractivity contribution in [1.29, 1.82) is 0 Å². The molecule has 96 valence electrons. The summed E-state index contributed by atoms with van der Waals surface area (Å²) in [6, 6.07) is 0. The molecule has 16 heavy (non-hydrogen) atoms. The average molecular weight is 233 g/mol. The first kappa shape index (κ1) is 13.9. The van der Waals surface area contributed by atoms with Crippen LogP contribution in [0.15, 0.2) is 0 Å². The topological polar surface area (TPSA) is 51.2 Å². The van der Waals surface area contributed by atoms with Gasteiger partial charge >= 0.3 is 0 Å². The second-order valence-corrected chi connectivity index (χ2v) is 4.13. The van der Waals surface area contributed by atoms with Crippen LogP contribution in [0.1, 0.15) is 6.42 Å². The summed E-state index contributed by atoms with van der Waals surface area (Å²) in [5.41, 5.74) is 0. The van der Waals surface area contributed by atoms with Crippen molar-refractivity contribution in [2.75, 3.05) is 53.7 Å². The lowest BCUT2D eigenvalue weighted by atomic mass is 10.3. The minimum atomic E-state index is -0.424. The molecule has 0 saturated carbocycles.